The van der Waals surface area contributed by atoms with Crippen molar-refractivity contribution in [2.45, 2.75) is 42.0 Å². The number of nitrogens with zero attached hydrogens (tertiary/aromatic N) is 1. The van der Waals surface area contributed by atoms with Crippen LogP contribution in [-0.4, -0.2) is 15.7 Å². The Balaban J connectivity index is 1.35. The van der Waals surface area contributed by atoms with Gasteiger partial charge in [0, 0.05) is 21.7 Å². The van der Waals surface area contributed by atoms with Gasteiger partial charge >= 0.3 is 4.87 Å². The molecule has 2 heterocycles. The van der Waals surface area contributed by atoms with Gasteiger partial charge < -0.3 is 5.32 Å². The minimum absolute atomic E-state index is 0.0641. The number of hydrogen-bond donors (Lipinski definition) is 1. The summed E-state index contributed by atoms with van der Waals surface area (Å²) in [5.41, 5.74) is 1.58. The standard InChI is InChI=1S/C25H21Cl2FN2O2S2/c26-17-8-7-16(10-18(17)27)29-19(31)11-30-24-23(34-25(30)32)20(12-3-5-15(28)6-4-12)21-13-1-2-14(9-13)22(21)33-24/h3-8,10,13-14,20-22H,1-2,9,11H2,(H,29,31)/t13-,14-,20-,21-,22+/m0/s1. The van der Waals surface area contributed by atoms with E-state index in [1.54, 1.807) is 34.5 Å². The lowest BCUT2D eigenvalue weighted by atomic mass is 9.75. The van der Waals surface area contributed by atoms with Gasteiger partial charge in [-0.2, -0.15) is 0 Å². The Morgan fingerprint density at radius 1 is 1.09 bits per heavy atom. The summed E-state index contributed by atoms with van der Waals surface area (Å²) in [7, 11) is 0. The highest BCUT2D eigenvalue weighted by Crippen LogP contribution is 2.64. The Morgan fingerprint density at radius 3 is 2.62 bits per heavy atom. The van der Waals surface area contributed by atoms with Gasteiger partial charge in [-0.25, -0.2) is 4.39 Å². The zero-order chi connectivity index (χ0) is 23.6. The van der Waals surface area contributed by atoms with Crippen molar-refractivity contribution < 1.29 is 9.18 Å². The van der Waals surface area contributed by atoms with Crippen molar-refractivity contribution >= 4 is 57.9 Å². The Bertz CT molecular complexity index is 1340. The van der Waals surface area contributed by atoms with E-state index in [-0.39, 0.29) is 29.1 Å². The number of hydrogen-bond acceptors (Lipinski definition) is 4. The van der Waals surface area contributed by atoms with Crippen LogP contribution in [-0.2, 0) is 11.3 Å². The van der Waals surface area contributed by atoms with Gasteiger partial charge in [0.15, 0.2) is 0 Å². The summed E-state index contributed by atoms with van der Waals surface area (Å²) in [5, 5.41) is 4.88. The van der Waals surface area contributed by atoms with Crippen LogP contribution in [0.15, 0.2) is 52.3 Å². The first-order valence-electron chi connectivity index (χ1n) is 11.3. The fourth-order valence-corrected chi connectivity index (χ4v) is 9.50. The quantitative estimate of drug-likeness (QED) is 0.407. The summed E-state index contributed by atoms with van der Waals surface area (Å²) in [4.78, 5) is 26.9. The average Bonchev–Trinajstić information content (AvgIpc) is 3.50. The first kappa shape index (κ1) is 22.7. The van der Waals surface area contributed by atoms with E-state index in [1.165, 1.54) is 42.7 Å². The van der Waals surface area contributed by atoms with Crippen LogP contribution in [0.1, 0.15) is 35.6 Å². The normalized spacial score (nSPS) is 26.9. The molecule has 6 rings (SSSR count). The first-order chi connectivity index (χ1) is 16.4. The van der Waals surface area contributed by atoms with Crippen molar-refractivity contribution in [1.82, 2.24) is 4.57 Å². The average molecular weight is 535 g/mol. The summed E-state index contributed by atoms with van der Waals surface area (Å²) < 4.78 is 15.3. The van der Waals surface area contributed by atoms with Gasteiger partial charge in [0.1, 0.15) is 12.4 Å². The van der Waals surface area contributed by atoms with Crippen molar-refractivity contribution in [2.75, 3.05) is 5.32 Å². The van der Waals surface area contributed by atoms with Crippen LogP contribution in [0.3, 0.4) is 0 Å². The molecular weight excluding hydrogens is 514 g/mol. The number of benzene rings is 2. The number of carbonyl (C=O) groups is 1. The van der Waals surface area contributed by atoms with Crippen molar-refractivity contribution in [2.24, 2.45) is 17.8 Å². The molecule has 2 aliphatic carbocycles. The lowest BCUT2D eigenvalue weighted by Crippen LogP contribution is -2.34. The van der Waals surface area contributed by atoms with E-state index in [0.717, 1.165) is 15.5 Å². The van der Waals surface area contributed by atoms with Crippen LogP contribution in [0, 0.1) is 23.6 Å². The van der Waals surface area contributed by atoms with Crippen molar-refractivity contribution in [3.05, 3.63) is 78.4 Å². The molecule has 2 saturated carbocycles. The van der Waals surface area contributed by atoms with Crippen LogP contribution >= 0.6 is 46.3 Å². The predicted octanol–water partition coefficient (Wildman–Crippen LogP) is 6.65. The number of amides is 1. The maximum Gasteiger partial charge on any atom is 0.308 e. The third-order valence-corrected chi connectivity index (χ3v) is 11.0. The molecule has 4 nitrogen and oxygen atoms in total. The van der Waals surface area contributed by atoms with Crippen molar-refractivity contribution in [3.8, 4) is 0 Å². The molecule has 0 saturated heterocycles. The molecule has 1 amide bonds. The van der Waals surface area contributed by atoms with Crippen LogP contribution in [0.4, 0.5) is 10.1 Å². The SMILES string of the molecule is O=C(Cn1c2c(sc1=O)[C@@H](c1ccc(F)cc1)[C@@H]1[C@H]3CC[C@@H](C3)[C@H]1S2)Nc1ccc(Cl)c(Cl)c1. The van der Waals surface area contributed by atoms with Gasteiger partial charge in [0.2, 0.25) is 5.91 Å². The highest BCUT2D eigenvalue weighted by atomic mass is 35.5. The second-order valence-corrected chi connectivity index (χ2v) is 12.3. The van der Waals surface area contributed by atoms with E-state index in [0.29, 0.717) is 38.7 Å². The highest BCUT2D eigenvalue weighted by Gasteiger charge is 2.55. The molecule has 34 heavy (non-hydrogen) atoms. The maximum atomic E-state index is 13.7. The van der Waals surface area contributed by atoms with Crippen molar-refractivity contribution in [1.29, 1.82) is 0 Å². The molecule has 3 aliphatic rings. The maximum absolute atomic E-state index is 13.7. The molecule has 5 atom stereocenters. The van der Waals surface area contributed by atoms with E-state index in [4.69, 9.17) is 23.2 Å². The monoisotopic (exact) mass is 534 g/mol. The van der Waals surface area contributed by atoms with E-state index in [1.807, 2.05) is 12.1 Å². The fourth-order valence-electron chi connectivity index (χ4n) is 6.05. The molecule has 9 heteroatoms. The van der Waals surface area contributed by atoms with Crippen LogP contribution < -0.4 is 10.2 Å². The van der Waals surface area contributed by atoms with Crippen LogP contribution in [0.25, 0.3) is 0 Å². The van der Waals surface area contributed by atoms with E-state index in [2.05, 4.69) is 5.32 Å². The smallest absolute Gasteiger partial charge is 0.308 e. The molecule has 0 unspecified atom stereocenters. The third-order valence-electron chi connectivity index (χ3n) is 7.42. The number of anilines is 1. The summed E-state index contributed by atoms with van der Waals surface area (Å²) >= 11 is 15.0. The van der Waals surface area contributed by atoms with Gasteiger partial charge in [0.05, 0.1) is 15.1 Å². The summed E-state index contributed by atoms with van der Waals surface area (Å²) in [5.74, 6) is 1.21. The second kappa shape index (κ2) is 8.70. The van der Waals surface area contributed by atoms with Gasteiger partial charge in [-0.05, 0) is 72.9 Å². The van der Waals surface area contributed by atoms with Crippen molar-refractivity contribution in [3.63, 3.8) is 0 Å². The zero-order valence-electron chi connectivity index (χ0n) is 18.0. The van der Waals surface area contributed by atoms with E-state index < -0.39 is 0 Å². The third kappa shape index (κ3) is 3.81. The van der Waals surface area contributed by atoms with E-state index >= 15 is 0 Å². The van der Waals surface area contributed by atoms with Crippen LogP contribution in [0.5, 0.6) is 0 Å². The predicted molar refractivity (Wildman–Crippen MR) is 136 cm³/mol. The summed E-state index contributed by atoms with van der Waals surface area (Å²) in [6, 6.07) is 11.6. The molecule has 0 spiro atoms. The number of thiazole rings is 1. The van der Waals surface area contributed by atoms with Gasteiger partial charge in [-0.15, -0.1) is 11.8 Å². The molecule has 2 bridgehead atoms. The molecule has 0 radical (unpaired) electrons. The Morgan fingerprint density at radius 2 is 1.85 bits per heavy atom. The Hall–Kier alpha value is -1.80. The summed E-state index contributed by atoms with van der Waals surface area (Å²) in [6.07, 6.45) is 3.66. The number of aromatic nitrogens is 1. The lowest BCUT2D eigenvalue weighted by molar-refractivity contribution is -0.116. The zero-order valence-corrected chi connectivity index (χ0v) is 21.1. The van der Waals surface area contributed by atoms with Gasteiger partial charge in [-0.1, -0.05) is 46.7 Å². The Labute approximate surface area is 214 Å². The molecule has 1 aliphatic heterocycles. The number of thioether (sulfide) groups is 1. The number of halogens is 3. The van der Waals surface area contributed by atoms with Gasteiger partial charge in [0.25, 0.3) is 0 Å². The number of rotatable bonds is 4. The first-order valence-corrected chi connectivity index (χ1v) is 13.7. The van der Waals surface area contributed by atoms with Gasteiger partial charge in [-0.3, -0.25) is 14.2 Å². The molecular formula is C25H21Cl2FN2O2S2. The molecule has 2 fully saturated rings. The topological polar surface area (TPSA) is 51.1 Å². The summed E-state index contributed by atoms with van der Waals surface area (Å²) in [6.45, 7) is -0.0699. The molecule has 176 valence electrons. The second-order valence-electron chi connectivity index (χ2n) is 9.32. The molecule has 2 aromatic carbocycles. The lowest BCUT2D eigenvalue weighted by Gasteiger charge is -2.40. The number of carbonyl (C=O) groups excluding carboxylic acids is 1. The van der Waals surface area contributed by atoms with E-state index in [9.17, 15) is 14.0 Å². The minimum Gasteiger partial charge on any atom is -0.324 e. The highest BCUT2D eigenvalue weighted by molar-refractivity contribution is 8.00. The molecule has 1 aromatic heterocycles. The molecule has 3 aromatic rings. The number of fused-ring (bicyclic) bond motifs is 6. The minimum atomic E-state index is -0.296. The van der Waals surface area contributed by atoms with Crippen LogP contribution in [0.2, 0.25) is 10.0 Å². The molecule has 1 N–H and O–H groups in total. The Kier molecular flexibility index (Phi) is 5.79. The number of nitrogens with one attached hydrogen (secondary N) is 1. The fraction of sp³-hybridized carbons (Fsp3) is 0.360. The largest absolute Gasteiger partial charge is 0.324 e.